The molecular weight excluding hydrogens is 458 g/mol. The maximum absolute atomic E-state index is 13.5. The number of morpholine rings is 2. The third kappa shape index (κ3) is 7.14. The number of amides is 1. The van der Waals surface area contributed by atoms with Crippen molar-refractivity contribution >= 4 is 15.9 Å². The number of nitrogens with zero attached hydrogens (tertiary/aromatic N) is 3. The summed E-state index contributed by atoms with van der Waals surface area (Å²) in [6.45, 7) is 8.62. The zero-order chi connectivity index (χ0) is 24.4. The van der Waals surface area contributed by atoms with Crippen molar-refractivity contribution in [2.75, 3.05) is 79.4 Å². The molecule has 2 heterocycles. The van der Waals surface area contributed by atoms with E-state index in [1.165, 1.54) is 17.5 Å². The molecule has 2 aliphatic rings. The summed E-state index contributed by atoms with van der Waals surface area (Å²) >= 11 is 0. The molecule has 0 atom stereocenters. The fourth-order valence-electron chi connectivity index (χ4n) is 4.25. The lowest BCUT2D eigenvalue weighted by molar-refractivity contribution is 0.0324. The molecule has 0 N–H and O–H groups in total. The van der Waals surface area contributed by atoms with E-state index in [9.17, 15) is 13.2 Å². The Morgan fingerprint density at radius 1 is 1.00 bits per heavy atom. The molecule has 0 saturated carbocycles. The summed E-state index contributed by atoms with van der Waals surface area (Å²) in [7, 11) is -2.36. The molecular formula is C24H39N3O6S. The Labute approximate surface area is 204 Å². The second-order valence-corrected chi connectivity index (χ2v) is 10.6. The summed E-state index contributed by atoms with van der Waals surface area (Å²) in [6, 6.07) is 4.71. The standard InChI is InChI=1S/C24H39N3O6S/c1-3-4-5-6-9-26(11-10-25-12-16-32-17-13-25)24(28)21-7-8-22(31-2)23(20-21)34(29,30)27-14-18-33-19-15-27/h7-8,20H,3-6,9-19H2,1-2H3. The minimum absolute atomic E-state index is 0.0295. The van der Waals surface area contributed by atoms with Gasteiger partial charge in [0, 0.05) is 51.4 Å². The fraction of sp³-hybridized carbons (Fsp3) is 0.708. The highest BCUT2D eigenvalue weighted by atomic mass is 32.2. The van der Waals surface area contributed by atoms with Gasteiger partial charge in [-0.3, -0.25) is 9.69 Å². The normalized spacial score (nSPS) is 18.1. The van der Waals surface area contributed by atoms with E-state index in [1.807, 2.05) is 4.90 Å². The minimum Gasteiger partial charge on any atom is -0.495 e. The highest BCUT2D eigenvalue weighted by Crippen LogP contribution is 2.29. The maximum Gasteiger partial charge on any atom is 0.253 e. The van der Waals surface area contributed by atoms with E-state index in [1.54, 1.807) is 12.1 Å². The van der Waals surface area contributed by atoms with Gasteiger partial charge in [-0.25, -0.2) is 8.42 Å². The first kappa shape index (κ1) is 26.9. The zero-order valence-corrected chi connectivity index (χ0v) is 21.4. The quantitative estimate of drug-likeness (QED) is 0.409. The zero-order valence-electron chi connectivity index (χ0n) is 20.5. The lowest BCUT2D eigenvalue weighted by Gasteiger charge is -2.30. The molecule has 2 fully saturated rings. The van der Waals surface area contributed by atoms with Gasteiger partial charge in [-0.1, -0.05) is 26.2 Å². The number of sulfonamides is 1. The van der Waals surface area contributed by atoms with Crippen LogP contribution < -0.4 is 4.74 Å². The number of carbonyl (C=O) groups is 1. The van der Waals surface area contributed by atoms with Gasteiger partial charge in [0.2, 0.25) is 10.0 Å². The maximum atomic E-state index is 13.5. The Morgan fingerprint density at radius 2 is 1.68 bits per heavy atom. The molecule has 0 bridgehead atoms. The van der Waals surface area contributed by atoms with E-state index >= 15 is 0 Å². The Morgan fingerprint density at radius 3 is 2.32 bits per heavy atom. The van der Waals surface area contributed by atoms with Gasteiger partial charge in [0.15, 0.2) is 0 Å². The molecule has 0 spiro atoms. The smallest absolute Gasteiger partial charge is 0.253 e. The van der Waals surface area contributed by atoms with Crippen molar-refractivity contribution in [3.8, 4) is 5.75 Å². The number of unbranched alkanes of at least 4 members (excludes halogenated alkanes) is 3. The van der Waals surface area contributed by atoms with Gasteiger partial charge in [-0.05, 0) is 24.6 Å². The molecule has 0 aromatic heterocycles. The van der Waals surface area contributed by atoms with E-state index < -0.39 is 10.0 Å². The van der Waals surface area contributed by atoms with Crippen molar-refractivity contribution in [2.45, 2.75) is 37.5 Å². The monoisotopic (exact) mass is 497 g/mol. The number of methoxy groups -OCH3 is 1. The molecule has 2 aliphatic heterocycles. The van der Waals surface area contributed by atoms with Crippen LogP contribution in [-0.2, 0) is 19.5 Å². The van der Waals surface area contributed by atoms with Crippen molar-refractivity contribution in [1.29, 1.82) is 0 Å². The van der Waals surface area contributed by atoms with Gasteiger partial charge in [0.25, 0.3) is 5.91 Å². The molecule has 0 radical (unpaired) electrons. The Hall–Kier alpha value is -1.72. The van der Waals surface area contributed by atoms with Crippen molar-refractivity contribution < 1.29 is 27.4 Å². The van der Waals surface area contributed by atoms with E-state index in [4.69, 9.17) is 14.2 Å². The molecule has 9 nitrogen and oxygen atoms in total. The number of rotatable bonds is 12. The molecule has 0 unspecified atom stereocenters. The van der Waals surface area contributed by atoms with Gasteiger partial charge in [-0.2, -0.15) is 4.31 Å². The van der Waals surface area contributed by atoms with Gasteiger partial charge >= 0.3 is 0 Å². The van der Waals surface area contributed by atoms with Crippen LogP contribution in [0, 0.1) is 0 Å². The first-order chi connectivity index (χ1) is 16.5. The van der Waals surface area contributed by atoms with E-state index in [0.29, 0.717) is 45.1 Å². The highest BCUT2D eigenvalue weighted by molar-refractivity contribution is 7.89. The SMILES string of the molecule is CCCCCCN(CCN1CCOCC1)C(=O)c1ccc(OC)c(S(=O)(=O)N2CCOCC2)c1. The number of ether oxygens (including phenoxy) is 3. The Bertz CT molecular complexity index is 883. The van der Waals surface area contributed by atoms with Crippen LogP contribution in [-0.4, -0.2) is 108 Å². The predicted octanol–water partition coefficient (Wildman–Crippen LogP) is 2.07. The third-order valence-corrected chi connectivity index (χ3v) is 8.28. The largest absolute Gasteiger partial charge is 0.495 e. The van der Waals surface area contributed by atoms with Gasteiger partial charge < -0.3 is 19.1 Å². The Balaban J connectivity index is 1.80. The summed E-state index contributed by atoms with van der Waals surface area (Å²) in [5.74, 6) is 0.0942. The van der Waals surface area contributed by atoms with Crippen molar-refractivity contribution in [2.24, 2.45) is 0 Å². The molecule has 192 valence electrons. The molecule has 10 heteroatoms. The first-order valence-electron chi connectivity index (χ1n) is 12.3. The summed E-state index contributed by atoms with van der Waals surface area (Å²) in [5, 5.41) is 0. The summed E-state index contributed by atoms with van der Waals surface area (Å²) in [6.07, 6.45) is 4.26. The molecule has 34 heavy (non-hydrogen) atoms. The van der Waals surface area contributed by atoms with Crippen LogP contribution in [0.4, 0.5) is 0 Å². The average molecular weight is 498 g/mol. The molecule has 1 aromatic rings. The van der Waals surface area contributed by atoms with Crippen LogP contribution in [0.15, 0.2) is 23.1 Å². The van der Waals surface area contributed by atoms with Crippen LogP contribution in [0.5, 0.6) is 5.75 Å². The van der Waals surface area contributed by atoms with Gasteiger partial charge in [-0.15, -0.1) is 0 Å². The van der Waals surface area contributed by atoms with Crippen LogP contribution in [0.2, 0.25) is 0 Å². The van der Waals surface area contributed by atoms with E-state index in [2.05, 4.69) is 11.8 Å². The van der Waals surface area contributed by atoms with Crippen LogP contribution in [0.25, 0.3) is 0 Å². The topological polar surface area (TPSA) is 88.6 Å². The highest BCUT2D eigenvalue weighted by Gasteiger charge is 2.30. The van der Waals surface area contributed by atoms with E-state index in [0.717, 1.165) is 45.3 Å². The van der Waals surface area contributed by atoms with Crippen molar-refractivity contribution in [1.82, 2.24) is 14.1 Å². The lowest BCUT2D eigenvalue weighted by atomic mass is 10.1. The summed E-state index contributed by atoms with van der Waals surface area (Å²) in [5.41, 5.74) is 0.366. The molecule has 0 aliphatic carbocycles. The molecule has 1 aromatic carbocycles. The summed E-state index contributed by atoms with van der Waals surface area (Å²) < 4.78 is 44.1. The van der Waals surface area contributed by atoms with Crippen molar-refractivity contribution in [3.63, 3.8) is 0 Å². The number of hydrogen-bond acceptors (Lipinski definition) is 7. The fourth-order valence-corrected chi connectivity index (χ4v) is 5.84. The van der Waals surface area contributed by atoms with Crippen LogP contribution >= 0.6 is 0 Å². The molecule has 2 saturated heterocycles. The average Bonchev–Trinajstić information content (AvgIpc) is 2.88. The molecule has 1 amide bonds. The van der Waals surface area contributed by atoms with Gasteiger partial charge in [0.1, 0.15) is 10.6 Å². The lowest BCUT2D eigenvalue weighted by Crippen LogP contribution is -2.43. The van der Waals surface area contributed by atoms with Crippen LogP contribution in [0.3, 0.4) is 0 Å². The Kier molecular flexibility index (Phi) is 10.6. The summed E-state index contributed by atoms with van der Waals surface area (Å²) in [4.78, 5) is 17.7. The van der Waals surface area contributed by atoms with E-state index in [-0.39, 0.29) is 29.6 Å². The van der Waals surface area contributed by atoms with Gasteiger partial charge in [0.05, 0.1) is 33.5 Å². The third-order valence-electron chi connectivity index (χ3n) is 6.36. The number of benzene rings is 1. The second-order valence-electron chi connectivity index (χ2n) is 8.69. The number of carbonyl (C=O) groups excluding carboxylic acids is 1. The minimum atomic E-state index is -3.80. The first-order valence-corrected chi connectivity index (χ1v) is 13.8. The molecule has 3 rings (SSSR count). The second kappa shape index (κ2) is 13.4. The van der Waals surface area contributed by atoms with Crippen LogP contribution in [0.1, 0.15) is 43.0 Å². The predicted molar refractivity (Wildman–Crippen MR) is 130 cm³/mol. The van der Waals surface area contributed by atoms with Crippen molar-refractivity contribution in [3.05, 3.63) is 23.8 Å². The number of hydrogen-bond donors (Lipinski definition) is 0.